The SMILES string of the molecule is CC1(C)CCC(C)(C)c2cc(-c3cc(I)ccc3-c3ccccc3)ccc21. The first-order chi connectivity index (χ1) is 12.8. The highest BCUT2D eigenvalue weighted by atomic mass is 127. The Kier molecular flexibility index (Phi) is 4.70. The van der Waals surface area contributed by atoms with Crippen molar-refractivity contribution in [1.82, 2.24) is 0 Å². The molecule has 3 aromatic carbocycles. The predicted octanol–water partition coefficient (Wildman–Crippen LogP) is 7.97. The van der Waals surface area contributed by atoms with E-state index in [9.17, 15) is 0 Å². The Hall–Kier alpha value is -1.61. The van der Waals surface area contributed by atoms with Crippen molar-refractivity contribution in [3.8, 4) is 22.3 Å². The molecule has 1 heteroatoms. The average molecular weight is 466 g/mol. The maximum absolute atomic E-state index is 2.47. The van der Waals surface area contributed by atoms with Gasteiger partial charge in [0.25, 0.3) is 0 Å². The summed E-state index contributed by atoms with van der Waals surface area (Å²) < 4.78 is 1.28. The second-order valence-corrected chi connectivity index (χ2v) is 10.3. The molecule has 0 N–H and O–H groups in total. The van der Waals surface area contributed by atoms with E-state index in [1.165, 1.54) is 49.8 Å². The average Bonchev–Trinajstić information content (AvgIpc) is 2.66. The Morgan fingerprint density at radius 3 is 2.00 bits per heavy atom. The monoisotopic (exact) mass is 466 g/mol. The summed E-state index contributed by atoms with van der Waals surface area (Å²) in [5, 5.41) is 0. The molecule has 0 heterocycles. The molecule has 27 heavy (non-hydrogen) atoms. The molecule has 3 aromatic rings. The van der Waals surface area contributed by atoms with E-state index < -0.39 is 0 Å². The number of benzene rings is 3. The lowest BCUT2D eigenvalue weighted by molar-refractivity contribution is 0.332. The lowest BCUT2D eigenvalue weighted by Gasteiger charge is -2.42. The summed E-state index contributed by atoms with van der Waals surface area (Å²) >= 11 is 2.42. The summed E-state index contributed by atoms with van der Waals surface area (Å²) in [6, 6.07) is 24.7. The first-order valence-corrected chi connectivity index (χ1v) is 10.9. The van der Waals surface area contributed by atoms with E-state index >= 15 is 0 Å². The number of hydrogen-bond acceptors (Lipinski definition) is 0. The standard InChI is InChI=1S/C26H27I/c1-25(2)14-15-26(3,4)24-16-19(10-13-23(24)25)22-17-20(27)11-12-21(22)18-8-6-5-7-9-18/h5-13,16-17H,14-15H2,1-4H3. The number of rotatable bonds is 2. The van der Waals surface area contributed by atoms with Gasteiger partial charge in [0.1, 0.15) is 0 Å². The molecule has 1 aliphatic carbocycles. The van der Waals surface area contributed by atoms with Crippen LogP contribution in [-0.4, -0.2) is 0 Å². The van der Waals surface area contributed by atoms with Gasteiger partial charge in [-0.05, 0) is 91.8 Å². The highest BCUT2D eigenvalue weighted by molar-refractivity contribution is 14.1. The van der Waals surface area contributed by atoms with E-state index in [1.807, 2.05) is 0 Å². The number of hydrogen-bond donors (Lipinski definition) is 0. The predicted molar refractivity (Wildman–Crippen MR) is 125 cm³/mol. The van der Waals surface area contributed by atoms with Crippen molar-refractivity contribution in [3.63, 3.8) is 0 Å². The van der Waals surface area contributed by atoms with Crippen molar-refractivity contribution < 1.29 is 0 Å². The third-order valence-corrected chi connectivity index (χ3v) is 6.90. The summed E-state index contributed by atoms with van der Waals surface area (Å²) in [7, 11) is 0. The molecular formula is C26H27I. The van der Waals surface area contributed by atoms with Crippen LogP contribution in [0.4, 0.5) is 0 Å². The summed E-state index contributed by atoms with van der Waals surface area (Å²) in [5.74, 6) is 0. The van der Waals surface area contributed by atoms with Crippen LogP contribution >= 0.6 is 22.6 Å². The largest absolute Gasteiger partial charge is 0.0622 e. The molecule has 0 aromatic heterocycles. The van der Waals surface area contributed by atoms with E-state index in [0.29, 0.717) is 0 Å². The summed E-state index contributed by atoms with van der Waals surface area (Å²) in [4.78, 5) is 0. The zero-order chi connectivity index (χ0) is 19.2. The van der Waals surface area contributed by atoms with Gasteiger partial charge in [0.2, 0.25) is 0 Å². The van der Waals surface area contributed by atoms with E-state index in [0.717, 1.165) is 0 Å². The first kappa shape index (κ1) is 18.7. The van der Waals surface area contributed by atoms with Crippen molar-refractivity contribution >= 4 is 22.6 Å². The van der Waals surface area contributed by atoms with Gasteiger partial charge < -0.3 is 0 Å². The molecule has 0 saturated carbocycles. The molecule has 0 unspecified atom stereocenters. The van der Waals surface area contributed by atoms with Gasteiger partial charge in [-0.1, -0.05) is 82.3 Å². The van der Waals surface area contributed by atoms with Crippen LogP contribution in [0.5, 0.6) is 0 Å². The molecular weight excluding hydrogens is 439 g/mol. The Balaban J connectivity index is 1.92. The molecule has 0 atom stereocenters. The van der Waals surface area contributed by atoms with Crippen LogP contribution in [0.25, 0.3) is 22.3 Å². The van der Waals surface area contributed by atoms with Gasteiger partial charge in [0.05, 0.1) is 0 Å². The van der Waals surface area contributed by atoms with Crippen LogP contribution in [0.3, 0.4) is 0 Å². The van der Waals surface area contributed by atoms with Crippen LogP contribution in [-0.2, 0) is 10.8 Å². The van der Waals surface area contributed by atoms with E-state index in [-0.39, 0.29) is 10.8 Å². The van der Waals surface area contributed by atoms with Gasteiger partial charge in [0.15, 0.2) is 0 Å². The van der Waals surface area contributed by atoms with Gasteiger partial charge in [-0.3, -0.25) is 0 Å². The number of fused-ring (bicyclic) bond motifs is 1. The van der Waals surface area contributed by atoms with Crippen LogP contribution in [0, 0.1) is 3.57 Å². The molecule has 0 amide bonds. The van der Waals surface area contributed by atoms with Crippen LogP contribution in [0.1, 0.15) is 51.7 Å². The second-order valence-electron chi connectivity index (χ2n) is 9.08. The summed E-state index contributed by atoms with van der Waals surface area (Å²) in [6.07, 6.45) is 2.50. The molecule has 138 valence electrons. The zero-order valence-corrected chi connectivity index (χ0v) is 18.8. The maximum atomic E-state index is 2.47. The highest BCUT2D eigenvalue weighted by Crippen LogP contribution is 2.47. The lowest BCUT2D eigenvalue weighted by atomic mass is 9.63. The second kappa shape index (κ2) is 6.77. The van der Waals surface area contributed by atoms with E-state index in [2.05, 4.69) is 117 Å². The third kappa shape index (κ3) is 3.47. The van der Waals surface area contributed by atoms with Gasteiger partial charge in [0, 0.05) is 3.57 Å². The number of halogens is 1. The van der Waals surface area contributed by atoms with E-state index in [4.69, 9.17) is 0 Å². The van der Waals surface area contributed by atoms with Gasteiger partial charge in [-0.15, -0.1) is 0 Å². The fourth-order valence-corrected chi connectivity index (χ4v) is 4.87. The van der Waals surface area contributed by atoms with Crippen molar-refractivity contribution in [3.05, 3.63) is 81.4 Å². The maximum Gasteiger partial charge on any atom is 0.0136 e. The fourth-order valence-electron chi connectivity index (χ4n) is 4.38. The van der Waals surface area contributed by atoms with Crippen molar-refractivity contribution in [2.75, 3.05) is 0 Å². The van der Waals surface area contributed by atoms with Crippen LogP contribution in [0.15, 0.2) is 66.7 Å². The fraction of sp³-hybridized carbons (Fsp3) is 0.308. The molecule has 1 aliphatic rings. The quantitative estimate of drug-likeness (QED) is 0.336. The Bertz CT molecular complexity index is 980. The molecule has 0 fully saturated rings. The minimum atomic E-state index is 0.232. The molecule has 0 nitrogen and oxygen atoms in total. The molecule has 0 bridgehead atoms. The summed E-state index contributed by atoms with van der Waals surface area (Å²) in [5.41, 5.74) is 8.78. The van der Waals surface area contributed by atoms with Gasteiger partial charge in [-0.25, -0.2) is 0 Å². The molecule has 4 rings (SSSR count). The van der Waals surface area contributed by atoms with Crippen molar-refractivity contribution in [2.45, 2.75) is 51.4 Å². The highest BCUT2D eigenvalue weighted by Gasteiger charge is 2.37. The topological polar surface area (TPSA) is 0 Å². The molecule has 0 spiro atoms. The van der Waals surface area contributed by atoms with Crippen molar-refractivity contribution in [2.24, 2.45) is 0 Å². The lowest BCUT2D eigenvalue weighted by Crippen LogP contribution is -2.33. The minimum Gasteiger partial charge on any atom is -0.0622 e. The van der Waals surface area contributed by atoms with E-state index in [1.54, 1.807) is 0 Å². The normalized spacial score (nSPS) is 17.4. The minimum absolute atomic E-state index is 0.232. The smallest absolute Gasteiger partial charge is 0.0136 e. The van der Waals surface area contributed by atoms with Gasteiger partial charge >= 0.3 is 0 Å². The van der Waals surface area contributed by atoms with Crippen LogP contribution < -0.4 is 0 Å². The Labute approximate surface area is 177 Å². The summed E-state index contributed by atoms with van der Waals surface area (Å²) in [6.45, 7) is 9.58. The first-order valence-electron chi connectivity index (χ1n) is 9.78. The Morgan fingerprint density at radius 2 is 1.30 bits per heavy atom. The molecule has 0 radical (unpaired) electrons. The molecule has 0 aliphatic heterocycles. The van der Waals surface area contributed by atoms with Crippen molar-refractivity contribution in [1.29, 1.82) is 0 Å². The van der Waals surface area contributed by atoms with Crippen LogP contribution in [0.2, 0.25) is 0 Å². The third-order valence-electron chi connectivity index (χ3n) is 6.23. The van der Waals surface area contributed by atoms with Gasteiger partial charge in [-0.2, -0.15) is 0 Å². The molecule has 0 saturated heterocycles. The zero-order valence-electron chi connectivity index (χ0n) is 16.6. The Morgan fingerprint density at radius 1 is 0.630 bits per heavy atom.